The van der Waals surface area contributed by atoms with Crippen LogP contribution < -0.4 is 27.1 Å². The molecule has 6 aromatic rings. The Morgan fingerprint density at radius 1 is 0.756 bits per heavy atom. The maximum absolute atomic E-state index is 13.3. The lowest BCUT2D eigenvalue weighted by Crippen LogP contribution is -2.16. The van der Waals surface area contributed by atoms with Crippen LogP contribution in [0.1, 0.15) is 32.6 Å². The van der Waals surface area contributed by atoms with Crippen molar-refractivity contribution in [1.29, 1.82) is 0 Å². The number of carboxylic acids is 1. The van der Waals surface area contributed by atoms with E-state index in [4.69, 9.17) is 10.4 Å². The number of aromatic nitrogens is 6. The number of fused-ring (bicyclic) bond motifs is 2. The highest BCUT2D eigenvalue weighted by Gasteiger charge is 2.17. The van der Waals surface area contributed by atoms with Crippen molar-refractivity contribution < 1.29 is 25.1 Å². The van der Waals surface area contributed by atoms with E-state index in [2.05, 4.69) is 35.8 Å². The first kappa shape index (κ1) is 28.7. The number of pyridine rings is 2. The summed E-state index contributed by atoms with van der Waals surface area (Å²) in [4.78, 5) is 73.4. The van der Waals surface area contributed by atoms with Crippen LogP contribution >= 0.6 is 0 Å². The molecule has 0 fully saturated rings. The molecule has 0 aliphatic carbocycles. The van der Waals surface area contributed by atoms with Gasteiger partial charge in [-0.25, -0.2) is 19.4 Å². The molecule has 6 N–H and O–H groups in total. The van der Waals surface area contributed by atoms with Crippen LogP contribution in [-0.4, -0.2) is 45.9 Å². The van der Waals surface area contributed by atoms with Gasteiger partial charge in [0.15, 0.2) is 5.75 Å². The quantitative estimate of drug-likeness (QED) is 0.0888. The Kier molecular flexibility index (Phi) is 7.03. The highest BCUT2D eigenvalue weighted by molar-refractivity contribution is 5.88. The standard InChI is InChI=1S/C30H22N6O9/c1-14-20(26(37)31-24-22(14)28(39)35(33-24)17-8-6-16(7-9-17)30(41)42)4-3-5-21-15(2)23-25(32-27(21)38)34-36(29(23)40)18-10-12-19(13-11-18)44-45-43/h4-13,43H,1-2H3,(H,41,42)(H2,31,33,37)(H2,32,34,38). The number of hydrogen-bond acceptors (Lipinski definition) is 8. The molecule has 0 bridgehead atoms. The summed E-state index contributed by atoms with van der Waals surface area (Å²) >= 11 is 0. The summed E-state index contributed by atoms with van der Waals surface area (Å²) in [7, 11) is 0. The minimum absolute atomic E-state index is 0.0539. The van der Waals surface area contributed by atoms with Gasteiger partial charge < -0.3 is 20.0 Å². The van der Waals surface area contributed by atoms with Crippen LogP contribution in [0.15, 0.2) is 73.4 Å². The zero-order valence-electron chi connectivity index (χ0n) is 23.4. The number of hydrogen-bond donors (Lipinski definition) is 6. The molecule has 0 unspecified atom stereocenters. The SMILES string of the molecule is Cc1c(C=C=Cc2c(C)c3c(=O)n(-c4ccc(C(=O)O)cc4)[nH]c3[nH]c2=O)c(=O)[nH]c2[nH]n(-c3ccc(OOO)cc3)c(=O)c12. The number of nitrogens with one attached hydrogen (secondary N) is 4. The highest BCUT2D eigenvalue weighted by Crippen LogP contribution is 2.19. The van der Waals surface area contributed by atoms with E-state index in [0.717, 1.165) is 0 Å². The number of H-pyrrole nitrogens is 4. The van der Waals surface area contributed by atoms with Crippen LogP contribution in [0, 0.1) is 13.8 Å². The normalized spacial score (nSPS) is 11.1. The van der Waals surface area contributed by atoms with Crippen LogP contribution in [0.5, 0.6) is 5.75 Å². The first-order valence-electron chi connectivity index (χ1n) is 13.2. The summed E-state index contributed by atoms with van der Waals surface area (Å²) in [6.07, 6.45) is 2.68. The molecule has 15 nitrogen and oxygen atoms in total. The summed E-state index contributed by atoms with van der Waals surface area (Å²) < 4.78 is 2.42. The Morgan fingerprint density at radius 2 is 1.20 bits per heavy atom. The predicted molar refractivity (Wildman–Crippen MR) is 162 cm³/mol. The van der Waals surface area contributed by atoms with Gasteiger partial charge in [0.25, 0.3) is 22.2 Å². The zero-order chi connectivity index (χ0) is 32.0. The zero-order valence-corrected chi connectivity index (χ0v) is 23.4. The summed E-state index contributed by atoms with van der Waals surface area (Å²) in [6.45, 7) is 3.20. The topological polar surface area (TPSA) is 217 Å². The van der Waals surface area contributed by atoms with Crippen molar-refractivity contribution in [3.05, 3.63) is 123 Å². The third-order valence-electron chi connectivity index (χ3n) is 7.36. The fourth-order valence-corrected chi connectivity index (χ4v) is 5.09. The van der Waals surface area contributed by atoms with Crippen LogP contribution in [0.25, 0.3) is 45.6 Å². The van der Waals surface area contributed by atoms with Crippen molar-refractivity contribution in [3.8, 4) is 17.1 Å². The number of rotatable bonds is 7. The molecule has 0 atom stereocenters. The Bertz CT molecular complexity index is 2450. The Labute approximate surface area is 249 Å². The molecule has 226 valence electrons. The Balaban J connectivity index is 1.39. The van der Waals surface area contributed by atoms with Gasteiger partial charge in [0.05, 0.1) is 38.8 Å². The molecule has 0 saturated carbocycles. The fraction of sp³-hybridized carbons (Fsp3) is 0.0667. The first-order valence-corrected chi connectivity index (χ1v) is 13.2. The van der Waals surface area contributed by atoms with Gasteiger partial charge in [-0.2, -0.15) is 0 Å². The van der Waals surface area contributed by atoms with E-state index in [1.807, 2.05) is 0 Å². The van der Waals surface area contributed by atoms with E-state index >= 15 is 0 Å². The van der Waals surface area contributed by atoms with Crippen molar-refractivity contribution in [3.63, 3.8) is 0 Å². The van der Waals surface area contributed by atoms with Gasteiger partial charge >= 0.3 is 5.97 Å². The van der Waals surface area contributed by atoms with Gasteiger partial charge in [0.1, 0.15) is 11.3 Å². The van der Waals surface area contributed by atoms with Crippen molar-refractivity contribution in [1.82, 2.24) is 29.5 Å². The molecule has 0 saturated heterocycles. The number of nitrogens with zero attached hydrogens (tertiary/aromatic N) is 2. The Morgan fingerprint density at radius 3 is 1.62 bits per heavy atom. The average Bonchev–Trinajstić information content (AvgIpc) is 3.52. The monoisotopic (exact) mass is 610 g/mol. The molecular weight excluding hydrogens is 588 g/mol. The lowest BCUT2D eigenvalue weighted by molar-refractivity contribution is -0.438. The summed E-state index contributed by atoms with van der Waals surface area (Å²) in [6, 6.07) is 11.6. The number of aromatic carboxylic acids is 1. The lowest BCUT2D eigenvalue weighted by Gasteiger charge is -2.02. The second-order valence-electron chi connectivity index (χ2n) is 9.95. The molecule has 2 aromatic carbocycles. The summed E-state index contributed by atoms with van der Waals surface area (Å²) in [5.41, 5.74) is 3.09. The second-order valence-corrected chi connectivity index (χ2v) is 9.95. The molecule has 6 rings (SSSR count). The first-order chi connectivity index (χ1) is 21.6. The van der Waals surface area contributed by atoms with Crippen LogP contribution in [0.2, 0.25) is 0 Å². The van der Waals surface area contributed by atoms with E-state index < -0.39 is 28.2 Å². The molecule has 4 heterocycles. The highest BCUT2D eigenvalue weighted by atomic mass is 17.5. The van der Waals surface area contributed by atoms with Crippen LogP contribution in [0.3, 0.4) is 0 Å². The number of benzene rings is 2. The van der Waals surface area contributed by atoms with Crippen molar-refractivity contribution >= 4 is 40.2 Å². The minimum Gasteiger partial charge on any atom is -0.478 e. The summed E-state index contributed by atoms with van der Waals surface area (Å²) in [5, 5.41) is 27.3. The predicted octanol–water partition coefficient (Wildman–Crippen LogP) is 2.75. The molecule has 15 heteroatoms. The number of aryl methyl sites for hydroxylation is 2. The average molecular weight is 611 g/mol. The minimum atomic E-state index is -1.11. The van der Waals surface area contributed by atoms with Gasteiger partial charge in [-0.1, -0.05) is 0 Å². The molecule has 45 heavy (non-hydrogen) atoms. The molecule has 0 aliphatic rings. The largest absolute Gasteiger partial charge is 0.478 e. The second kappa shape index (κ2) is 11.0. The van der Waals surface area contributed by atoms with Crippen molar-refractivity contribution in [2.45, 2.75) is 13.8 Å². The van der Waals surface area contributed by atoms with Gasteiger partial charge in [-0.3, -0.25) is 29.4 Å². The summed E-state index contributed by atoms with van der Waals surface area (Å²) in [5.74, 6) is -0.914. The number of carbonyl (C=O) groups is 1. The van der Waals surface area contributed by atoms with Gasteiger partial charge in [-0.05, 0) is 90.7 Å². The molecule has 0 spiro atoms. The van der Waals surface area contributed by atoms with Gasteiger partial charge in [0.2, 0.25) is 0 Å². The smallest absolute Gasteiger partial charge is 0.335 e. The third kappa shape index (κ3) is 4.90. The molecule has 0 aliphatic heterocycles. The van der Waals surface area contributed by atoms with Crippen molar-refractivity contribution in [2.75, 3.05) is 0 Å². The molecule has 4 aromatic heterocycles. The lowest BCUT2D eigenvalue weighted by atomic mass is 10.1. The van der Waals surface area contributed by atoms with E-state index in [0.29, 0.717) is 22.5 Å². The van der Waals surface area contributed by atoms with E-state index in [9.17, 15) is 24.0 Å². The van der Waals surface area contributed by atoms with E-state index in [-0.39, 0.29) is 44.5 Å². The maximum Gasteiger partial charge on any atom is 0.335 e. The van der Waals surface area contributed by atoms with Gasteiger partial charge in [0, 0.05) is 0 Å². The van der Waals surface area contributed by atoms with Crippen LogP contribution in [0.4, 0.5) is 0 Å². The fourth-order valence-electron chi connectivity index (χ4n) is 5.09. The third-order valence-corrected chi connectivity index (χ3v) is 7.36. The van der Waals surface area contributed by atoms with Crippen LogP contribution in [-0.2, 0) is 5.04 Å². The molecular formula is C30H22N6O9. The maximum atomic E-state index is 13.3. The molecule has 0 radical (unpaired) electrons. The number of aromatic amines is 4. The number of carboxylic acid groups (broad SMARTS) is 1. The molecule has 0 amide bonds. The van der Waals surface area contributed by atoms with Gasteiger partial charge in [-0.15, -0.1) is 5.73 Å². The van der Waals surface area contributed by atoms with E-state index in [1.165, 1.54) is 70.0 Å². The Hall–Kier alpha value is -6.41. The van der Waals surface area contributed by atoms with Crippen molar-refractivity contribution in [2.24, 2.45) is 0 Å². The van der Waals surface area contributed by atoms with E-state index in [1.54, 1.807) is 13.8 Å².